The van der Waals surface area contributed by atoms with E-state index in [2.05, 4.69) is 9.97 Å². The van der Waals surface area contributed by atoms with E-state index in [1.54, 1.807) is 36.5 Å². The standard InChI is InChI=1S/C16H18FN3O/c1-16(2,3)20(4)15(21)14-18-9-12(10-19-14)11-5-7-13(17)8-6-11/h5-10H,1-4H3. The van der Waals surface area contributed by atoms with Gasteiger partial charge in [0.1, 0.15) is 5.82 Å². The van der Waals surface area contributed by atoms with Gasteiger partial charge in [0.2, 0.25) is 5.82 Å². The summed E-state index contributed by atoms with van der Waals surface area (Å²) in [7, 11) is 1.72. The maximum atomic E-state index is 12.9. The number of rotatable bonds is 2. The summed E-state index contributed by atoms with van der Waals surface area (Å²) >= 11 is 0. The molecule has 2 rings (SSSR count). The van der Waals surface area contributed by atoms with Crippen molar-refractivity contribution in [2.45, 2.75) is 26.3 Å². The van der Waals surface area contributed by atoms with Crippen molar-refractivity contribution in [3.05, 3.63) is 48.3 Å². The highest BCUT2D eigenvalue weighted by Crippen LogP contribution is 2.18. The van der Waals surface area contributed by atoms with Gasteiger partial charge in [-0.2, -0.15) is 0 Å². The predicted molar refractivity (Wildman–Crippen MR) is 79.3 cm³/mol. The molecule has 0 spiro atoms. The van der Waals surface area contributed by atoms with Crippen molar-refractivity contribution >= 4 is 5.91 Å². The van der Waals surface area contributed by atoms with E-state index in [0.717, 1.165) is 11.1 Å². The lowest BCUT2D eigenvalue weighted by molar-refractivity contribution is 0.0643. The molecule has 5 heteroatoms. The lowest BCUT2D eigenvalue weighted by Gasteiger charge is -2.31. The first-order valence-corrected chi connectivity index (χ1v) is 6.65. The first-order chi connectivity index (χ1) is 9.79. The minimum Gasteiger partial charge on any atom is -0.334 e. The van der Waals surface area contributed by atoms with E-state index in [-0.39, 0.29) is 23.1 Å². The third-order valence-electron chi connectivity index (χ3n) is 3.33. The Morgan fingerprint density at radius 3 is 2.05 bits per heavy atom. The van der Waals surface area contributed by atoms with Gasteiger partial charge in [-0.15, -0.1) is 0 Å². The molecule has 0 saturated heterocycles. The van der Waals surface area contributed by atoms with Crippen LogP contribution in [0.15, 0.2) is 36.7 Å². The number of carbonyl (C=O) groups is 1. The fourth-order valence-electron chi connectivity index (χ4n) is 1.68. The number of hydrogen-bond acceptors (Lipinski definition) is 3. The Hall–Kier alpha value is -2.30. The average molecular weight is 287 g/mol. The van der Waals surface area contributed by atoms with Crippen LogP contribution in [0.25, 0.3) is 11.1 Å². The number of benzene rings is 1. The topological polar surface area (TPSA) is 46.1 Å². The van der Waals surface area contributed by atoms with Crippen molar-refractivity contribution in [3.8, 4) is 11.1 Å². The van der Waals surface area contributed by atoms with Crippen LogP contribution in [0.5, 0.6) is 0 Å². The zero-order valence-electron chi connectivity index (χ0n) is 12.6. The highest BCUT2D eigenvalue weighted by molar-refractivity contribution is 5.90. The predicted octanol–water partition coefficient (Wildman–Crippen LogP) is 3.15. The van der Waals surface area contributed by atoms with Gasteiger partial charge in [0.15, 0.2) is 0 Å². The molecule has 0 aliphatic rings. The van der Waals surface area contributed by atoms with E-state index in [1.165, 1.54) is 12.1 Å². The molecule has 1 heterocycles. The van der Waals surface area contributed by atoms with Gasteiger partial charge in [0, 0.05) is 30.5 Å². The van der Waals surface area contributed by atoms with Crippen molar-refractivity contribution in [3.63, 3.8) is 0 Å². The Morgan fingerprint density at radius 2 is 1.57 bits per heavy atom. The summed E-state index contributed by atoms with van der Waals surface area (Å²) in [6.07, 6.45) is 3.15. The number of aromatic nitrogens is 2. The largest absolute Gasteiger partial charge is 0.334 e. The molecule has 0 N–H and O–H groups in total. The van der Waals surface area contributed by atoms with E-state index in [1.807, 2.05) is 20.8 Å². The summed E-state index contributed by atoms with van der Waals surface area (Å²) in [5.74, 6) is -0.371. The van der Waals surface area contributed by atoms with E-state index in [4.69, 9.17) is 0 Å². The lowest BCUT2D eigenvalue weighted by Crippen LogP contribution is -2.43. The molecule has 1 aromatic heterocycles. The van der Waals surface area contributed by atoms with Crippen molar-refractivity contribution in [2.24, 2.45) is 0 Å². The molecule has 21 heavy (non-hydrogen) atoms. The van der Waals surface area contributed by atoms with Crippen LogP contribution in [0, 0.1) is 5.82 Å². The normalized spacial score (nSPS) is 11.3. The van der Waals surface area contributed by atoms with Crippen LogP contribution in [-0.2, 0) is 0 Å². The maximum absolute atomic E-state index is 12.9. The van der Waals surface area contributed by atoms with E-state index in [0.29, 0.717) is 0 Å². The van der Waals surface area contributed by atoms with Crippen LogP contribution in [-0.4, -0.2) is 33.4 Å². The maximum Gasteiger partial charge on any atom is 0.291 e. The smallest absolute Gasteiger partial charge is 0.291 e. The molecule has 0 atom stereocenters. The molecule has 110 valence electrons. The van der Waals surface area contributed by atoms with Gasteiger partial charge in [0.05, 0.1) is 0 Å². The molecular formula is C16H18FN3O. The van der Waals surface area contributed by atoms with E-state index < -0.39 is 0 Å². The van der Waals surface area contributed by atoms with Crippen LogP contribution in [0.3, 0.4) is 0 Å². The second-order valence-corrected chi connectivity index (χ2v) is 5.84. The lowest BCUT2D eigenvalue weighted by atomic mass is 10.1. The van der Waals surface area contributed by atoms with E-state index in [9.17, 15) is 9.18 Å². The molecule has 0 unspecified atom stereocenters. The quantitative estimate of drug-likeness (QED) is 0.852. The Morgan fingerprint density at radius 1 is 1.05 bits per heavy atom. The van der Waals surface area contributed by atoms with Gasteiger partial charge >= 0.3 is 0 Å². The van der Waals surface area contributed by atoms with Crippen LogP contribution in [0.1, 0.15) is 31.4 Å². The summed E-state index contributed by atoms with van der Waals surface area (Å²) in [6, 6.07) is 6.05. The third-order valence-corrected chi connectivity index (χ3v) is 3.33. The Kier molecular flexibility index (Phi) is 4.02. The number of hydrogen-bond donors (Lipinski definition) is 0. The Labute approximate surface area is 123 Å². The highest BCUT2D eigenvalue weighted by Gasteiger charge is 2.25. The van der Waals surface area contributed by atoms with Gasteiger partial charge in [-0.3, -0.25) is 4.79 Å². The Bertz CT molecular complexity index is 630. The molecular weight excluding hydrogens is 269 g/mol. The summed E-state index contributed by atoms with van der Waals surface area (Å²) in [5, 5.41) is 0. The van der Waals surface area contributed by atoms with Crippen LogP contribution in [0.2, 0.25) is 0 Å². The molecule has 0 radical (unpaired) electrons. The summed E-state index contributed by atoms with van der Waals surface area (Å²) in [4.78, 5) is 22.1. The summed E-state index contributed by atoms with van der Waals surface area (Å²) in [5.41, 5.74) is 1.25. The van der Waals surface area contributed by atoms with Crippen LogP contribution < -0.4 is 0 Å². The second kappa shape index (κ2) is 5.60. The SMILES string of the molecule is CN(C(=O)c1ncc(-c2ccc(F)cc2)cn1)C(C)(C)C. The molecule has 1 aromatic carbocycles. The summed E-state index contributed by atoms with van der Waals surface area (Å²) in [6.45, 7) is 5.83. The first kappa shape index (κ1) is 15.1. The van der Waals surface area contributed by atoms with Gasteiger partial charge in [0.25, 0.3) is 5.91 Å². The van der Waals surface area contributed by atoms with Crippen molar-refractivity contribution in [2.75, 3.05) is 7.05 Å². The van der Waals surface area contributed by atoms with Gasteiger partial charge in [-0.05, 0) is 38.5 Å². The van der Waals surface area contributed by atoms with Gasteiger partial charge in [-0.1, -0.05) is 12.1 Å². The van der Waals surface area contributed by atoms with Gasteiger partial charge in [-0.25, -0.2) is 14.4 Å². The zero-order valence-corrected chi connectivity index (χ0v) is 12.6. The van der Waals surface area contributed by atoms with Crippen molar-refractivity contribution in [1.82, 2.24) is 14.9 Å². The molecule has 1 amide bonds. The number of carbonyl (C=O) groups excluding carboxylic acids is 1. The number of amides is 1. The third kappa shape index (κ3) is 3.42. The molecule has 0 fully saturated rings. The highest BCUT2D eigenvalue weighted by atomic mass is 19.1. The minimum atomic E-state index is -0.296. The van der Waals surface area contributed by atoms with E-state index >= 15 is 0 Å². The van der Waals surface area contributed by atoms with Gasteiger partial charge < -0.3 is 4.90 Å². The monoisotopic (exact) mass is 287 g/mol. The number of halogens is 1. The van der Waals surface area contributed by atoms with Crippen LogP contribution >= 0.6 is 0 Å². The molecule has 0 aliphatic heterocycles. The minimum absolute atomic E-state index is 0.151. The molecule has 0 bridgehead atoms. The van der Waals surface area contributed by atoms with Crippen LogP contribution in [0.4, 0.5) is 4.39 Å². The van der Waals surface area contributed by atoms with Crippen molar-refractivity contribution < 1.29 is 9.18 Å². The summed E-state index contributed by atoms with van der Waals surface area (Å²) < 4.78 is 12.9. The zero-order chi connectivity index (χ0) is 15.6. The first-order valence-electron chi connectivity index (χ1n) is 6.65. The number of nitrogens with zero attached hydrogens (tertiary/aromatic N) is 3. The fraction of sp³-hybridized carbons (Fsp3) is 0.312. The average Bonchev–Trinajstić information content (AvgIpc) is 2.46. The second-order valence-electron chi connectivity index (χ2n) is 5.84. The Balaban J connectivity index is 2.23. The fourth-order valence-corrected chi connectivity index (χ4v) is 1.68. The van der Waals surface area contributed by atoms with Crippen molar-refractivity contribution in [1.29, 1.82) is 0 Å². The molecule has 0 aliphatic carbocycles. The molecule has 0 saturated carbocycles. The molecule has 2 aromatic rings. The molecule has 4 nitrogen and oxygen atoms in total.